The Bertz CT molecular complexity index is 664. The first-order valence-corrected chi connectivity index (χ1v) is 7.33. The predicted octanol–water partition coefficient (Wildman–Crippen LogP) is 4.06. The molecule has 6 heteroatoms. The van der Waals surface area contributed by atoms with E-state index in [1.165, 1.54) is 12.1 Å². The van der Waals surface area contributed by atoms with Crippen LogP contribution in [0.25, 0.3) is 0 Å². The van der Waals surface area contributed by atoms with Crippen molar-refractivity contribution < 1.29 is 9.90 Å². The number of benzene rings is 2. The summed E-state index contributed by atoms with van der Waals surface area (Å²) in [4.78, 5) is 12.2. The number of hydrogen-bond acceptors (Lipinski definition) is 3. The zero-order chi connectivity index (χ0) is 14.9. The van der Waals surface area contributed by atoms with Gasteiger partial charge in [0.1, 0.15) is 0 Å². The lowest BCUT2D eigenvalue weighted by molar-refractivity contribution is 0.102. The average Bonchev–Trinajstić information content (AvgIpc) is 2.36. The molecule has 104 valence electrons. The normalized spacial score (nSPS) is 10.3. The number of carbonyl (C=O) groups excluding carboxylic acids is 1. The summed E-state index contributed by atoms with van der Waals surface area (Å²) >= 11 is 6.80. The molecule has 0 bridgehead atoms. The minimum absolute atomic E-state index is 0.129. The third-order valence-electron chi connectivity index (χ3n) is 2.74. The number of phenolic OH excluding ortho intramolecular Hbond substituents is 1. The van der Waals surface area contributed by atoms with Gasteiger partial charge in [-0.25, -0.2) is 0 Å². The number of halogens is 2. The van der Waals surface area contributed by atoms with E-state index in [0.717, 1.165) is 14.5 Å². The van der Waals surface area contributed by atoms with E-state index in [-0.39, 0.29) is 17.0 Å². The van der Waals surface area contributed by atoms with Gasteiger partial charge in [-0.15, -0.1) is 0 Å². The Balaban J connectivity index is 2.36. The predicted molar refractivity (Wildman–Crippen MR) is 87.1 cm³/mol. The van der Waals surface area contributed by atoms with Gasteiger partial charge in [0.05, 0.1) is 16.9 Å². The number of para-hydroxylation sites is 1. The molecular formula is C14H12Br2N2O2. The van der Waals surface area contributed by atoms with E-state index in [1.807, 2.05) is 19.1 Å². The van der Waals surface area contributed by atoms with Crippen molar-refractivity contribution in [3.05, 3.63) is 50.4 Å². The van der Waals surface area contributed by atoms with E-state index in [2.05, 4.69) is 37.2 Å². The van der Waals surface area contributed by atoms with Crippen LogP contribution in [0.3, 0.4) is 0 Å². The van der Waals surface area contributed by atoms with Gasteiger partial charge in [-0.3, -0.25) is 4.79 Å². The standard InChI is InChI=1S/C14H12Br2N2O2/c1-7-5-9(15)12(10(16)6-7)18-14(20)8-3-2-4-11(17)13(8)19/h2-6,19H,17H2,1H3,(H,18,20). The molecule has 2 rings (SSSR count). The second-order valence-corrected chi connectivity index (χ2v) is 6.01. The zero-order valence-corrected chi connectivity index (χ0v) is 13.7. The number of amides is 1. The van der Waals surface area contributed by atoms with Crippen LogP contribution in [-0.4, -0.2) is 11.0 Å². The molecular weight excluding hydrogens is 388 g/mol. The van der Waals surface area contributed by atoms with Crippen LogP contribution < -0.4 is 11.1 Å². The lowest BCUT2D eigenvalue weighted by Gasteiger charge is -2.12. The average molecular weight is 400 g/mol. The van der Waals surface area contributed by atoms with Crippen LogP contribution in [0.15, 0.2) is 39.3 Å². The summed E-state index contributed by atoms with van der Waals surface area (Å²) in [6, 6.07) is 8.43. The molecule has 1 amide bonds. The highest BCUT2D eigenvalue weighted by Crippen LogP contribution is 2.33. The molecule has 0 spiro atoms. The molecule has 2 aromatic rings. The van der Waals surface area contributed by atoms with Gasteiger partial charge < -0.3 is 16.2 Å². The highest BCUT2D eigenvalue weighted by atomic mass is 79.9. The van der Waals surface area contributed by atoms with Crippen LogP contribution in [0, 0.1) is 6.92 Å². The Kier molecular flexibility index (Phi) is 4.35. The van der Waals surface area contributed by atoms with Gasteiger partial charge >= 0.3 is 0 Å². The summed E-state index contributed by atoms with van der Waals surface area (Å²) in [5.74, 6) is -0.649. The van der Waals surface area contributed by atoms with Gasteiger partial charge in [-0.2, -0.15) is 0 Å². The Morgan fingerprint density at radius 2 is 1.85 bits per heavy atom. The quantitative estimate of drug-likeness (QED) is 0.526. The van der Waals surface area contributed by atoms with Crippen LogP contribution in [0.5, 0.6) is 5.75 Å². The summed E-state index contributed by atoms with van der Waals surface area (Å²) in [6.45, 7) is 1.95. The number of nitrogens with one attached hydrogen (secondary N) is 1. The van der Waals surface area contributed by atoms with Crippen molar-refractivity contribution in [2.45, 2.75) is 6.92 Å². The molecule has 0 fully saturated rings. The minimum atomic E-state index is -0.431. The molecule has 0 saturated heterocycles. The van der Waals surface area contributed by atoms with Crippen molar-refractivity contribution in [2.24, 2.45) is 0 Å². The molecule has 20 heavy (non-hydrogen) atoms. The minimum Gasteiger partial charge on any atom is -0.505 e. The second kappa shape index (κ2) is 5.85. The van der Waals surface area contributed by atoms with Crippen molar-refractivity contribution in [3.63, 3.8) is 0 Å². The van der Waals surface area contributed by atoms with Gasteiger partial charge in [0.25, 0.3) is 5.91 Å². The molecule has 0 aliphatic rings. The van der Waals surface area contributed by atoms with Gasteiger partial charge in [0.15, 0.2) is 5.75 Å². The van der Waals surface area contributed by atoms with Gasteiger partial charge in [0, 0.05) is 8.95 Å². The highest BCUT2D eigenvalue weighted by Gasteiger charge is 2.16. The number of carbonyl (C=O) groups is 1. The molecule has 0 atom stereocenters. The number of anilines is 2. The van der Waals surface area contributed by atoms with Crippen LogP contribution in [0.4, 0.5) is 11.4 Å². The third kappa shape index (κ3) is 2.96. The number of phenols is 1. The van der Waals surface area contributed by atoms with E-state index < -0.39 is 5.91 Å². The molecule has 0 radical (unpaired) electrons. The van der Waals surface area contributed by atoms with Gasteiger partial charge in [-0.05, 0) is 68.6 Å². The summed E-state index contributed by atoms with van der Waals surface area (Å²) < 4.78 is 1.50. The summed E-state index contributed by atoms with van der Waals surface area (Å²) in [6.07, 6.45) is 0. The van der Waals surface area contributed by atoms with Gasteiger partial charge in [-0.1, -0.05) is 6.07 Å². The molecule has 4 N–H and O–H groups in total. The van der Waals surface area contributed by atoms with Crippen molar-refractivity contribution in [3.8, 4) is 5.75 Å². The molecule has 0 saturated carbocycles. The Morgan fingerprint density at radius 3 is 2.45 bits per heavy atom. The van der Waals surface area contributed by atoms with Crippen LogP contribution in [0.2, 0.25) is 0 Å². The Morgan fingerprint density at radius 1 is 1.25 bits per heavy atom. The maximum absolute atomic E-state index is 12.2. The zero-order valence-electron chi connectivity index (χ0n) is 10.6. The fourth-order valence-corrected chi connectivity index (χ4v) is 3.36. The third-order valence-corrected chi connectivity index (χ3v) is 3.99. The van der Waals surface area contributed by atoms with Crippen molar-refractivity contribution in [2.75, 3.05) is 11.1 Å². The maximum atomic E-state index is 12.2. The first-order chi connectivity index (χ1) is 9.40. The lowest BCUT2D eigenvalue weighted by atomic mass is 10.1. The molecule has 4 nitrogen and oxygen atoms in total. The highest BCUT2D eigenvalue weighted by molar-refractivity contribution is 9.11. The summed E-state index contributed by atoms with van der Waals surface area (Å²) in [5.41, 5.74) is 7.53. The fourth-order valence-electron chi connectivity index (χ4n) is 1.74. The topological polar surface area (TPSA) is 75.4 Å². The molecule has 2 aromatic carbocycles. The monoisotopic (exact) mass is 398 g/mol. The summed E-state index contributed by atoms with van der Waals surface area (Å²) in [5, 5.41) is 12.6. The Hall–Kier alpha value is -1.53. The first-order valence-electron chi connectivity index (χ1n) is 5.74. The number of aromatic hydroxyl groups is 1. The SMILES string of the molecule is Cc1cc(Br)c(NC(=O)c2cccc(N)c2O)c(Br)c1. The molecule has 0 aliphatic carbocycles. The van der Waals surface area contributed by atoms with E-state index in [9.17, 15) is 9.90 Å². The van der Waals surface area contributed by atoms with Crippen LogP contribution in [-0.2, 0) is 0 Å². The van der Waals surface area contributed by atoms with Gasteiger partial charge in [0.2, 0.25) is 0 Å². The summed E-state index contributed by atoms with van der Waals surface area (Å²) in [7, 11) is 0. The molecule has 0 unspecified atom stereocenters. The number of nitrogens with two attached hydrogens (primary N) is 1. The number of hydrogen-bond donors (Lipinski definition) is 3. The van der Waals surface area contributed by atoms with E-state index in [1.54, 1.807) is 6.07 Å². The van der Waals surface area contributed by atoms with E-state index >= 15 is 0 Å². The second-order valence-electron chi connectivity index (χ2n) is 4.30. The largest absolute Gasteiger partial charge is 0.505 e. The smallest absolute Gasteiger partial charge is 0.259 e. The van der Waals surface area contributed by atoms with Crippen LogP contribution >= 0.6 is 31.9 Å². The number of aryl methyl sites for hydroxylation is 1. The van der Waals surface area contributed by atoms with Crippen molar-refractivity contribution in [1.82, 2.24) is 0 Å². The van der Waals surface area contributed by atoms with E-state index in [4.69, 9.17) is 5.73 Å². The molecule has 0 heterocycles. The Labute approximate surface area is 133 Å². The molecule has 0 aliphatic heterocycles. The van der Waals surface area contributed by atoms with Crippen molar-refractivity contribution >= 4 is 49.1 Å². The number of nitrogen functional groups attached to an aromatic ring is 1. The molecule has 0 aromatic heterocycles. The first kappa shape index (κ1) is 14.9. The lowest BCUT2D eigenvalue weighted by Crippen LogP contribution is -2.13. The van der Waals surface area contributed by atoms with Crippen LogP contribution in [0.1, 0.15) is 15.9 Å². The number of rotatable bonds is 2. The maximum Gasteiger partial charge on any atom is 0.259 e. The van der Waals surface area contributed by atoms with E-state index in [0.29, 0.717) is 5.69 Å². The fraction of sp³-hybridized carbons (Fsp3) is 0.0714. The van der Waals surface area contributed by atoms with Crippen molar-refractivity contribution in [1.29, 1.82) is 0 Å².